The maximum Gasteiger partial charge on any atom is 0.185 e. The van der Waals surface area contributed by atoms with E-state index in [0.29, 0.717) is 11.7 Å². The maximum atomic E-state index is 5.58. The van der Waals surface area contributed by atoms with Crippen molar-refractivity contribution in [3.05, 3.63) is 60.2 Å². The lowest BCUT2D eigenvalue weighted by atomic mass is 10.2. The van der Waals surface area contributed by atoms with Crippen molar-refractivity contribution in [3.8, 4) is 0 Å². The van der Waals surface area contributed by atoms with Gasteiger partial charge in [-0.2, -0.15) is 0 Å². The lowest BCUT2D eigenvalue weighted by Crippen LogP contribution is -2.24. The molecule has 0 bridgehead atoms. The second-order valence-corrected chi connectivity index (χ2v) is 5.85. The lowest BCUT2D eigenvalue weighted by molar-refractivity contribution is 0.301. The summed E-state index contributed by atoms with van der Waals surface area (Å²) in [6.07, 6.45) is 5.06. The topological polar surface area (TPSA) is 59.1 Å². The molecule has 0 aliphatic carbocycles. The van der Waals surface area contributed by atoms with Gasteiger partial charge in [-0.05, 0) is 45.1 Å². The number of para-hydroxylation sites is 1. The van der Waals surface area contributed by atoms with Crippen LogP contribution in [0, 0.1) is 13.8 Å². The quantitative estimate of drug-likeness (QED) is 0.588. The van der Waals surface area contributed by atoms with Crippen LogP contribution in [0.4, 0.5) is 11.5 Å². The highest BCUT2D eigenvalue weighted by Gasteiger charge is 2.08. The number of aryl methyl sites for hydroxylation is 1. The highest BCUT2D eigenvalue weighted by Crippen LogP contribution is 2.13. The molecule has 1 atom stereocenters. The molecule has 0 radical (unpaired) electrons. The highest BCUT2D eigenvalue weighted by molar-refractivity contribution is 7.80. The fraction of sp³-hybridized carbons (Fsp3) is 0.278. The Balaban J connectivity index is 1.75. The molecule has 0 saturated carbocycles. The predicted molar refractivity (Wildman–Crippen MR) is 102 cm³/mol. The highest BCUT2D eigenvalue weighted by atomic mass is 32.1. The van der Waals surface area contributed by atoms with Crippen molar-refractivity contribution in [1.82, 2.24) is 9.97 Å². The van der Waals surface area contributed by atoms with Crippen LogP contribution >= 0.6 is 12.2 Å². The largest absolute Gasteiger partial charge is 0.481 e. The Morgan fingerprint density at radius 1 is 1.25 bits per heavy atom. The van der Waals surface area contributed by atoms with Crippen molar-refractivity contribution in [1.29, 1.82) is 0 Å². The van der Waals surface area contributed by atoms with Crippen LogP contribution in [0.2, 0.25) is 0 Å². The van der Waals surface area contributed by atoms with E-state index in [-0.39, 0.29) is 6.04 Å². The normalized spacial score (nSPS) is 12.0. The number of ether oxygens (including phenoxy) is 1. The van der Waals surface area contributed by atoms with Gasteiger partial charge in [0, 0.05) is 29.2 Å². The number of nitrogens with zero attached hydrogens (tertiary/aromatic N) is 2. The van der Waals surface area contributed by atoms with Crippen molar-refractivity contribution >= 4 is 28.8 Å². The van der Waals surface area contributed by atoms with Gasteiger partial charge < -0.3 is 15.4 Å². The van der Waals surface area contributed by atoms with Crippen LogP contribution in [0.15, 0.2) is 48.9 Å². The van der Waals surface area contributed by atoms with Gasteiger partial charge in [0.1, 0.15) is 18.8 Å². The molecule has 0 aliphatic heterocycles. The molecule has 1 unspecified atom stereocenters. The summed E-state index contributed by atoms with van der Waals surface area (Å²) in [5.74, 6) is 0.825. The Kier molecular flexibility index (Phi) is 6.69. The fourth-order valence-corrected chi connectivity index (χ4v) is 2.09. The minimum atomic E-state index is 0.0754. The smallest absolute Gasteiger partial charge is 0.185 e. The van der Waals surface area contributed by atoms with Gasteiger partial charge in [0.05, 0.1) is 6.04 Å². The zero-order chi connectivity index (χ0) is 17.4. The van der Waals surface area contributed by atoms with Gasteiger partial charge in [0.2, 0.25) is 0 Å². The zero-order valence-electron chi connectivity index (χ0n) is 14.1. The number of benzene rings is 1. The van der Waals surface area contributed by atoms with Crippen molar-refractivity contribution < 1.29 is 4.74 Å². The minimum Gasteiger partial charge on any atom is -0.481 e. The van der Waals surface area contributed by atoms with E-state index < -0.39 is 0 Å². The lowest BCUT2D eigenvalue weighted by Gasteiger charge is -2.16. The monoisotopic (exact) mass is 342 g/mol. The van der Waals surface area contributed by atoms with Crippen LogP contribution in [0.3, 0.4) is 0 Å². The molecule has 2 aromatic rings. The van der Waals surface area contributed by atoms with E-state index >= 15 is 0 Å². The van der Waals surface area contributed by atoms with Gasteiger partial charge in [-0.1, -0.05) is 18.2 Å². The van der Waals surface area contributed by atoms with E-state index in [4.69, 9.17) is 17.0 Å². The molecule has 5 nitrogen and oxygen atoms in total. The first-order chi connectivity index (χ1) is 11.6. The van der Waals surface area contributed by atoms with Gasteiger partial charge >= 0.3 is 0 Å². The standard InChI is InChI=1S/C18H22N4OS/c1-13(22-18-14(2)15(3)20-12-21-18)11-23-17(24)9-10-19-16-7-5-4-6-8-16/h4-10,12-13,19H,11H2,1-3H3,(H,20,21,22)/b10-9-. The van der Waals surface area contributed by atoms with E-state index in [1.54, 1.807) is 18.6 Å². The molecule has 1 aromatic carbocycles. The maximum absolute atomic E-state index is 5.58. The van der Waals surface area contributed by atoms with Crippen LogP contribution < -0.4 is 10.6 Å². The molecule has 0 spiro atoms. The summed E-state index contributed by atoms with van der Waals surface area (Å²) < 4.78 is 5.58. The van der Waals surface area contributed by atoms with Crippen LogP contribution in [0.1, 0.15) is 18.2 Å². The van der Waals surface area contributed by atoms with Gasteiger partial charge in [0.25, 0.3) is 0 Å². The Hall–Kier alpha value is -2.47. The number of hydrogen-bond donors (Lipinski definition) is 2. The van der Waals surface area contributed by atoms with Crippen LogP contribution in [0.5, 0.6) is 0 Å². The Morgan fingerprint density at radius 2 is 2.00 bits per heavy atom. The van der Waals surface area contributed by atoms with E-state index in [9.17, 15) is 0 Å². The fourth-order valence-electron chi connectivity index (χ4n) is 1.95. The third-order valence-electron chi connectivity index (χ3n) is 3.44. The van der Waals surface area contributed by atoms with Crippen LogP contribution in [0.25, 0.3) is 0 Å². The number of nitrogens with one attached hydrogen (secondary N) is 2. The van der Waals surface area contributed by atoms with Gasteiger partial charge in [-0.15, -0.1) is 0 Å². The first-order valence-electron chi connectivity index (χ1n) is 7.76. The summed E-state index contributed by atoms with van der Waals surface area (Å²) in [4.78, 5) is 8.42. The van der Waals surface area contributed by atoms with Crippen molar-refractivity contribution in [2.45, 2.75) is 26.8 Å². The Morgan fingerprint density at radius 3 is 2.75 bits per heavy atom. The molecule has 1 aromatic heterocycles. The SMILES string of the molecule is Cc1ncnc(NC(C)COC(=S)/C=C\Nc2ccccc2)c1C. The second kappa shape index (κ2) is 8.98. The number of anilines is 2. The molecule has 0 aliphatic rings. The zero-order valence-corrected chi connectivity index (χ0v) is 14.9. The van der Waals surface area contributed by atoms with Crippen LogP contribution in [-0.4, -0.2) is 27.7 Å². The summed E-state index contributed by atoms with van der Waals surface area (Å²) >= 11 is 5.20. The van der Waals surface area contributed by atoms with E-state index in [2.05, 4.69) is 20.6 Å². The van der Waals surface area contributed by atoms with E-state index in [0.717, 1.165) is 22.8 Å². The minimum absolute atomic E-state index is 0.0754. The molecule has 0 saturated heterocycles. The summed E-state index contributed by atoms with van der Waals surface area (Å²) in [7, 11) is 0. The van der Waals surface area contributed by atoms with Crippen molar-refractivity contribution in [2.75, 3.05) is 17.2 Å². The number of rotatable bonds is 7. The van der Waals surface area contributed by atoms with Gasteiger partial charge in [0.15, 0.2) is 5.05 Å². The molecule has 6 heteroatoms. The third kappa shape index (κ3) is 5.62. The predicted octanol–water partition coefficient (Wildman–Crippen LogP) is 3.86. The first kappa shape index (κ1) is 17.9. The van der Waals surface area contributed by atoms with E-state index in [1.807, 2.05) is 51.1 Å². The Bertz CT molecular complexity index is 703. The molecular weight excluding hydrogens is 320 g/mol. The van der Waals surface area contributed by atoms with E-state index in [1.165, 1.54) is 0 Å². The summed E-state index contributed by atoms with van der Waals surface area (Å²) in [5.41, 5.74) is 3.01. The molecule has 24 heavy (non-hydrogen) atoms. The summed E-state index contributed by atoms with van der Waals surface area (Å²) in [6.45, 7) is 6.43. The van der Waals surface area contributed by atoms with Crippen LogP contribution in [-0.2, 0) is 4.74 Å². The number of aromatic nitrogens is 2. The Labute approximate surface area is 148 Å². The molecular formula is C18H22N4OS. The molecule has 2 rings (SSSR count). The van der Waals surface area contributed by atoms with Crippen molar-refractivity contribution in [2.24, 2.45) is 0 Å². The van der Waals surface area contributed by atoms with Crippen molar-refractivity contribution in [3.63, 3.8) is 0 Å². The molecule has 1 heterocycles. The third-order valence-corrected chi connectivity index (χ3v) is 3.69. The number of thiocarbonyl (C=S) groups is 1. The summed E-state index contributed by atoms with van der Waals surface area (Å²) in [5, 5.41) is 6.88. The first-order valence-corrected chi connectivity index (χ1v) is 8.16. The number of hydrogen-bond acceptors (Lipinski definition) is 6. The summed E-state index contributed by atoms with van der Waals surface area (Å²) in [6, 6.07) is 9.94. The molecule has 2 N–H and O–H groups in total. The van der Waals surface area contributed by atoms with Gasteiger partial charge in [-0.25, -0.2) is 9.97 Å². The molecule has 0 fully saturated rings. The second-order valence-electron chi connectivity index (χ2n) is 5.45. The molecule has 0 amide bonds. The average Bonchev–Trinajstić information content (AvgIpc) is 2.58. The molecule has 126 valence electrons. The average molecular weight is 342 g/mol. The van der Waals surface area contributed by atoms with Gasteiger partial charge in [-0.3, -0.25) is 0 Å².